The SMILES string of the molecule is CC(C)OC[C@@H]1CCC[C@@]12CN(S(=O)(=O)c1cn(C)cn1)CCO2. The van der Waals surface area contributed by atoms with Gasteiger partial charge >= 0.3 is 0 Å². The predicted octanol–water partition coefficient (Wildman–Crippen LogP) is 1.40. The van der Waals surface area contributed by atoms with Crippen LogP contribution in [0.3, 0.4) is 0 Å². The first kappa shape index (κ1) is 17.8. The van der Waals surface area contributed by atoms with Crippen molar-refractivity contribution in [3.63, 3.8) is 0 Å². The van der Waals surface area contributed by atoms with E-state index in [0.29, 0.717) is 26.3 Å². The second kappa shape index (κ2) is 6.74. The minimum atomic E-state index is -3.58. The Balaban J connectivity index is 1.78. The molecular weight excluding hydrogens is 330 g/mol. The van der Waals surface area contributed by atoms with Gasteiger partial charge in [-0.3, -0.25) is 0 Å². The van der Waals surface area contributed by atoms with Crippen LogP contribution in [0.5, 0.6) is 0 Å². The molecule has 0 unspecified atom stereocenters. The lowest BCUT2D eigenvalue weighted by molar-refractivity contribution is -0.129. The first-order valence-corrected chi connectivity index (χ1v) is 10.0. The van der Waals surface area contributed by atoms with Gasteiger partial charge < -0.3 is 14.0 Å². The van der Waals surface area contributed by atoms with Crippen LogP contribution in [-0.2, 0) is 26.5 Å². The molecule has 0 aromatic carbocycles. The van der Waals surface area contributed by atoms with Gasteiger partial charge in [-0.2, -0.15) is 4.31 Å². The van der Waals surface area contributed by atoms with Crippen molar-refractivity contribution in [2.45, 2.75) is 49.8 Å². The van der Waals surface area contributed by atoms with Gasteiger partial charge in [0.05, 0.1) is 31.2 Å². The molecular formula is C16H27N3O4S. The number of hydrogen-bond donors (Lipinski definition) is 0. The molecule has 0 bridgehead atoms. The Kier molecular flexibility index (Phi) is 5.01. The van der Waals surface area contributed by atoms with Crippen LogP contribution in [0.15, 0.2) is 17.6 Å². The summed E-state index contributed by atoms with van der Waals surface area (Å²) < 4.78 is 40.9. The largest absolute Gasteiger partial charge is 0.378 e. The summed E-state index contributed by atoms with van der Waals surface area (Å²) in [5.74, 6) is 0.238. The Morgan fingerprint density at radius 2 is 2.29 bits per heavy atom. The number of aryl methyl sites for hydroxylation is 1. The minimum Gasteiger partial charge on any atom is -0.378 e. The highest BCUT2D eigenvalue weighted by atomic mass is 32.2. The summed E-state index contributed by atoms with van der Waals surface area (Å²) in [6.45, 7) is 5.83. The van der Waals surface area contributed by atoms with E-state index in [1.54, 1.807) is 17.8 Å². The molecule has 0 N–H and O–H groups in total. The van der Waals surface area contributed by atoms with Gasteiger partial charge in [0.2, 0.25) is 0 Å². The first-order valence-electron chi connectivity index (χ1n) is 8.57. The summed E-state index contributed by atoms with van der Waals surface area (Å²) in [5.41, 5.74) is -0.422. The van der Waals surface area contributed by atoms with E-state index in [0.717, 1.165) is 19.3 Å². The minimum absolute atomic E-state index is 0.107. The molecule has 0 radical (unpaired) electrons. The van der Waals surface area contributed by atoms with Crippen LogP contribution >= 0.6 is 0 Å². The van der Waals surface area contributed by atoms with E-state index < -0.39 is 15.6 Å². The van der Waals surface area contributed by atoms with Crippen LogP contribution in [-0.4, -0.2) is 60.3 Å². The van der Waals surface area contributed by atoms with Gasteiger partial charge in [-0.1, -0.05) is 6.42 Å². The fourth-order valence-electron chi connectivity index (χ4n) is 3.69. The standard InChI is InChI=1S/C16H27N3O4S/c1-13(2)22-10-14-5-4-6-16(14)11-19(7-8-23-16)24(20,21)15-9-18(3)12-17-15/h9,12-14H,4-8,10-11H2,1-3H3/t14-,16+/m0/s1. The van der Waals surface area contributed by atoms with Crippen LogP contribution in [0.4, 0.5) is 0 Å². The molecule has 1 aliphatic heterocycles. The van der Waals surface area contributed by atoms with Gasteiger partial charge in [0.25, 0.3) is 10.0 Å². The van der Waals surface area contributed by atoms with E-state index >= 15 is 0 Å². The van der Waals surface area contributed by atoms with E-state index in [4.69, 9.17) is 9.47 Å². The third-order valence-corrected chi connectivity index (χ3v) is 6.72. The topological polar surface area (TPSA) is 73.7 Å². The molecule has 7 nitrogen and oxygen atoms in total. The smallest absolute Gasteiger partial charge is 0.262 e. The van der Waals surface area contributed by atoms with Crippen LogP contribution in [0.1, 0.15) is 33.1 Å². The molecule has 2 fully saturated rings. The van der Waals surface area contributed by atoms with Gasteiger partial charge in [-0.25, -0.2) is 13.4 Å². The van der Waals surface area contributed by atoms with Crippen molar-refractivity contribution in [1.82, 2.24) is 13.9 Å². The Hall–Kier alpha value is -0.960. The number of aromatic nitrogens is 2. The highest BCUT2D eigenvalue weighted by Crippen LogP contribution is 2.42. The second-order valence-electron chi connectivity index (χ2n) is 7.10. The monoisotopic (exact) mass is 357 g/mol. The van der Waals surface area contributed by atoms with Gasteiger partial charge in [0.1, 0.15) is 0 Å². The fourth-order valence-corrected chi connectivity index (χ4v) is 5.14. The molecule has 1 aromatic rings. The Morgan fingerprint density at radius 3 is 2.96 bits per heavy atom. The molecule has 2 heterocycles. The summed E-state index contributed by atoms with van der Waals surface area (Å²) in [6, 6.07) is 0. The maximum absolute atomic E-state index is 12.9. The van der Waals surface area contributed by atoms with Crippen LogP contribution in [0.25, 0.3) is 0 Å². The molecule has 2 atom stereocenters. The third-order valence-electron chi connectivity index (χ3n) is 4.99. The summed E-state index contributed by atoms with van der Waals surface area (Å²) in [7, 11) is -1.81. The van der Waals surface area contributed by atoms with Crippen LogP contribution < -0.4 is 0 Å². The van der Waals surface area contributed by atoms with E-state index in [1.165, 1.54) is 10.6 Å². The van der Waals surface area contributed by atoms with Gasteiger partial charge in [-0.15, -0.1) is 0 Å². The van der Waals surface area contributed by atoms with Crippen molar-refractivity contribution in [3.05, 3.63) is 12.5 Å². The number of nitrogens with zero attached hydrogens (tertiary/aromatic N) is 3. The predicted molar refractivity (Wildman–Crippen MR) is 89.1 cm³/mol. The van der Waals surface area contributed by atoms with Crippen molar-refractivity contribution in [2.75, 3.05) is 26.3 Å². The number of rotatable bonds is 5. The average Bonchev–Trinajstić information content (AvgIpc) is 3.12. The molecule has 1 aliphatic carbocycles. The Labute approximate surface area is 144 Å². The van der Waals surface area contributed by atoms with Gasteiger partial charge in [0.15, 0.2) is 5.03 Å². The summed E-state index contributed by atoms with van der Waals surface area (Å²) in [5, 5.41) is 0.107. The van der Waals surface area contributed by atoms with Crippen molar-refractivity contribution >= 4 is 10.0 Å². The normalized spacial score (nSPS) is 28.9. The Bertz CT molecular complexity index is 673. The zero-order valence-corrected chi connectivity index (χ0v) is 15.5. The van der Waals surface area contributed by atoms with Crippen molar-refractivity contribution < 1.29 is 17.9 Å². The number of sulfonamides is 1. The second-order valence-corrected chi connectivity index (χ2v) is 8.99. The highest BCUT2D eigenvalue weighted by molar-refractivity contribution is 7.89. The maximum Gasteiger partial charge on any atom is 0.262 e. The average molecular weight is 357 g/mol. The zero-order chi connectivity index (χ0) is 17.4. The quantitative estimate of drug-likeness (QED) is 0.796. The fraction of sp³-hybridized carbons (Fsp3) is 0.812. The summed E-state index contributed by atoms with van der Waals surface area (Å²) in [4.78, 5) is 4.02. The Morgan fingerprint density at radius 1 is 1.50 bits per heavy atom. The molecule has 1 aromatic heterocycles. The maximum atomic E-state index is 12.9. The third kappa shape index (κ3) is 3.37. The van der Waals surface area contributed by atoms with Gasteiger partial charge in [-0.05, 0) is 26.7 Å². The summed E-state index contributed by atoms with van der Waals surface area (Å²) >= 11 is 0. The molecule has 1 saturated carbocycles. The van der Waals surface area contributed by atoms with Crippen LogP contribution in [0.2, 0.25) is 0 Å². The molecule has 136 valence electrons. The first-order chi connectivity index (χ1) is 11.3. The van der Waals surface area contributed by atoms with Crippen molar-refractivity contribution in [2.24, 2.45) is 13.0 Å². The van der Waals surface area contributed by atoms with Gasteiger partial charge in [0, 0.05) is 32.3 Å². The lowest BCUT2D eigenvalue weighted by Gasteiger charge is -2.43. The molecule has 8 heteroatoms. The van der Waals surface area contributed by atoms with E-state index in [1.807, 2.05) is 13.8 Å². The van der Waals surface area contributed by atoms with Crippen molar-refractivity contribution in [3.8, 4) is 0 Å². The van der Waals surface area contributed by atoms with E-state index in [9.17, 15) is 8.42 Å². The number of morpholine rings is 1. The molecule has 0 amide bonds. The molecule has 1 saturated heterocycles. The van der Waals surface area contributed by atoms with Crippen LogP contribution in [0, 0.1) is 5.92 Å². The molecule has 3 rings (SSSR count). The zero-order valence-electron chi connectivity index (χ0n) is 14.6. The molecule has 2 aliphatic rings. The van der Waals surface area contributed by atoms with Crippen molar-refractivity contribution in [1.29, 1.82) is 0 Å². The van der Waals surface area contributed by atoms with E-state index in [2.05, 4.69) is 4.98 Å². The van der Waals surface area contributed by atoms with E-state index in [-0.39, 0.29) is 17.0 Å². The number of imidazole rings is 1. The number of ether oxygens (including phenoxy) is 2. The molecule has 1 spiro atoms. The lowest BCUT2D eigenvalue weighted by atomic mass is 9.90. The number of hydrogen-bond acceptors (Lipinski definition) is 5. The lowest BCUT2D eigenvalue weighted by Crippen LogP contribution is -2.56. The summed E-state index contributed by atoms with van der Waals surface area (Å²) in [6.07, 6.45) is 6.17. The highest BCUT2D eigenvalue weighted by Gasteiger charge is 2.49. The molecule has 24 heavy (non-hydrogen) atoms.